The molecule has 0 saturated heterocycles. The van der Waals surface area contributed by atoms with Crippen LogP contribution >= 0.6 is 0 Å². The van der Waals surface area contributed by atoms with Gasteiger partial charge in [-0.05, 0) is 37.0 Å². The van der Waals surface area contributed by atoms with Crippen LogP contribution in [0.2, 0.25) is 0 Å². The van der Waals surface area contributed by atoms with Gasteiger partial charge in [0.25, 0.3) is 0 Å². The lowest BCUT2D eigenvalue weighted by molar-refractivity contribution is -0.142. The molecule has 1 atom stereocenters. The molecule has 0 spiro atoms. The van der Waals surface area contributed by atoms with Gasteiger partial charge in [0.2, 0.25) is 11.8 Å². The van der Waals surface area contributed by atoms with Gasteiger partial charge in [0.1, 0.15) is 6.04 Å². The standard InChI is InChI=1S/C18H32N2O4/c1-18(2,3)10-9-14(17(23)24)20-16(22)12-19-15(21)11-13-7-5-4-6-8-13/h13-14H,4-12H2,1-3H3,(H,19,21)(H,20,22)(H,23,24). The first-order valence-corrected chi connectivity index (χ1v) is 8.96. The topological polar surface area (TPSA) is 95.5 Å². The highest BCUT2D eigenvalue weighted by atomic mass is 16.4. The fourth-order valence-electron chi connectivity index (χ4n) is 2.98. The van der Waals surface area contributed by atoms with E-state index in [0.717, 1.165) is 12.8 Å². The first-order chi connectivity index (χ1) is 11.2. The van der Waals surface area contributed by atoms with Gasteiger partial charge in [-0.25, -0.2) is 4.79 Å². The summed E-state index contributed by atoms with van der Waals surface area (Å²) in [6.45, 7) is 5.92. The molecule has 0 aromatic heterocycles. The van der Waals surface area contributed by atoms with Gasteiger partial charge in [0.05, 0.1) is 6.54 Å². The largest absolute Gasteiger partial charge is 0.480 e. The van der Waals surface area contributed by atoms with Crippen LogP contribution in [0.4, 0.5) is 0 Å². The summed E-state index contributed by atoms with van der Waals surface area (Å²) in [6, 6.07) is -0.910. The zero-order valence-corrected chi connectivity index (χ0v) is 15.2. The molecule has 1 fully saturated rings. The maximum Gasteiger partial charge on any atom is 0.326 e. The van der Waals surface area contributed by atoms with Crippen LogP contribution in [-0.2, 0) is 14.4 Å². The van der Waals surface area contributed by atoms with Crippen molar-refractivity contribution in [2.24, 2.45) is 11.3 Å². The van der Waals surface area contributed by atoms with Crippen molar-refractivity contribution in [3.05, 3.63) is 0 Å². The molecule has 1 aliphatic carbocycles. The second-order valence-electron chi connectivity index (χ2n) is 8.04. The van der Waals surface area contributed by atoms with Crippen LogP contribution in [0.5, 0.6) is 0 Å². The van der Waals surface area contributed by atoms with E-state index in [1.807, 2.05) is 20.8 Å². The molecule has 0 bridgehead atoms. The SMILES string of the molecule is CC(C)(C)CCC(NC(=O)CNC(=O)CC1CCCCC1)C(=O)O. The number of amides is 2. The number of aliphatic carboxylic acids is 1. The Hall–Kier alpha value is -1.59. The molecule has 0 heterocycles. The number of carboxylic acid groups (broad SMARTS) is 1. The fraction of sp³-hybridized carbons (Fsp3) is 0.833. The summed E-state index contributed by atoms with van der Waals surface area (Å²) in [6.07, 6.45) is 7.27. The van der Waals surface area contributed by atoms with E-state index in [2.05, 4.69) is 10.6 Å². The van der Waals surface area contributed by atoms with Gasteiger partial charge >= 0.3 is 5.97 Å². The summed E-state index contributed by atoms with van der Waals surface area (Å²) in [4.78, 5) is 35.0. The quantitative estimate of drug-likeness (QED) is 0.632. The molecule has 2 amide bonds. The summed E-state index contributed by atoms with van der Waals surface area (Å²) in [5, 5.41) is 14.3. The number of hydrogen-bond donors (Lipinski definition) is 3. The van der Waals surface area contributed by atoms with Crippen LogP contribution in [0.1, 0.15) is 72.1 Å². The minimum Gasteiger partial charge on any atom is -0.480 e. The Morgan fingerprint density at radius 2 is 1.71 bits per heavy atom. The minimum absolute atomic E-state index is 0.00659. The van der Waals surface area contributed by atoms with Crippen molar-refractivity contribution in [2.45, 2.75) is 78.2 Å². The highest BCUT2D eigenvalue weighted by Gasteiger charge is 2.23. The number of rotatable bonds is 8. The van der Waals surface area contributed by atoms with E-state index in [9.17, 15) is 19.5 Å². The van der Waals surface area contributed by atoms with Crippen molar-refractivity contribution < 1.29 is 19.5 Å². The molecule has 0 aliphatic heterocycles. The van der Waals surface area contributed by atoms with Gasteiger partial charge in [-0.3, -0.25) is 9.59 Å². The molecular formula is C18H32N2O4. The zero-order valence-electron chi connectivity index (χ0n) is 15.2. The first kappa shape index (κ1) is 20.5. The number of carbonyl (C=O) groups excluding carboxylic acids is 2. The summed E-state index contributed by atoms with van der Waals surface area (Å²) in [5.41, 5.74) is 0.00659. The van der Waals surface area contributed by atoms with E-state index in [0.29, 0.717) is 25.2 Å². The first-order valence-electron chi connectivity index (χ1n) is 8.96. The van der Waals surface area contributed by atoms with Gasteiger partial charge < -0.3 is 15.7 Å². The zero-order chi connectivity index (χ0) is 18.2. The lowest BCUT2D eigenvalue weighted by Crippen LogP contribution is -2.46. The molecule has 1 saturated carbocycles. The van der Waals surface area contributed by atoms with Crippen molar-refractivity contribution in [3.8, 4) is 0 Å². The predicted molar refractivity (Wildman–Crippen MR) is 92.5 cm³/mol. The normalized spacial score (nSPS) is 17.1. The Kier molecular flexibility index (Phi) is 8.22. The van der Waals surface area contributed by atoms with Crippen LogP contribution < -0.4 is 10.6 Å². The average Bonchev–Trinajstić information content (AvgIpc) is 2.49. The van der Waals surface area contributed by atoms with Gasteiger partial charge in [0, 0.05) is 6.42 Å². The second-order valence-corrected chi connectivity index (χ2v) is 8.04. The summed E-state index contributed by atoms with van der Waals surface area (Å²) in [5.74, 6) is -1.20. The average molecular weight is 340 g/mol. The molecule has 1 unspecified atom stereocenters. The highest BCUT2D eigenvalue weighted by molar-refractivity contribution is 5.87. The van der Waals surface area contributed by atoms with Crippen LogP contribution in [-0.4, -0.2) is 35.5 Å². The van der Waals surface area contributed by atoms with Crippen molar-refractivity contribution in [2.75, 3.05) is 6.54 Å². The van der Waals surface area contributed by atoms with E-state index < -0.39 is 17.9 Å². The molecule has 3 N–H and O–H groups in total. The molecule has 6 heteroatoms. The van der Waals surface area contributed by atoms with Crippen molar-refractivity contribution in [3.63, 3.8) is 0 Å². The third-order valence-corrected chi connectivity index (χ3v) is 4.46. The smallest absolute Gasteiger partial charge is 0.326 e. The lowest BCUT2D eigenvalue weighted by atomic mass is 9.87. The Morgan fingerprint density at radius 3 is 2.25 bits per heavy atom. The molecule has 24 heavy (non-hydrogen) atoms. The monoisotopic (exact) mass is 340 g/mol. The maximum absolute atomic E-state index is 11.9. The third-order valence-electron chi connectivity index (χ3n) is 4.46. The van der Waals surface area contributed by atoms with E-state index in [1.165, 1.54) is 19.3 Å². The van der Waals surface area contributed by atoms with Crippen LogP contribution in [0.15, 0.2) is 0 Å². The number of carbonyl (C=O) groups is 3. The van der Waals surface area contributed by atoms with Crippen LogP contribution in [0, 0.1) is 11.3 Å². The Labute approximate surface area is 144 Å². The number of carboxylic acids is 1. The molecule has 6 nitrogen and oxygen atoms in total. The summed E-state index contributed by atoms with van der Waals surface area (Å²) in [7, 11) is 0. The Bertz CT molecular complexity index is 437. The highest BCUT2D eigenvalue weighted by Crippen LogP contribution is 2.26. The predicted octanol–water partition coefficient (Wildman–Crippen LogP) is 2.47. The molecule has 1 rings (SSSR count). The van der Waals surface area contributed by atoms with Crippen molar-refractivity contribution in [1.82, 2.24) is 10.6 Å². The van der Waals surface area contributed by atoms with Crippen LogP contribution in [0.25, 0.3) is 0 Å². The van der Waals surface area contributed by atoms with Crippen molar-refractivity contribution >= 4 is 17.8 Å². The molecule has 0 aromatic carbocycles. The minimum atomic E-state index is -1.04. The lowest BCUT2D eigenvalue weighted by Gasteiger charge is -2.22. The molecule has 138 valence electrons. The van der Waals surface area contributed by atoms with E-state index in [4.69, 9.17) is 0 Å². The van der Waals surface area contributed by atoms with Gasteiger partial charge in [-0.1, -0.05) is 40.0 Å². The van der Waals surface area contributed by atoms with Crippen LogP contribution in [0.3, 0.4) is 0 Å². The van der Waals surface area contributed by atoms with Crippen molar-refractivity contribution in [1.29, 1.82) is 0 Å². The Morgan fingerprint density at radius 1 is 1.08 bits per heavy atom. The number of hydrogen-bond acceptors (Lipinski definition) is 3. The van der Waals surface area contributed by atoms with E-state index in [-0.39, 0.29) is 17.9 Å². The van der Waals surface area contributed by atoms with Gasteiger partial charge in [0.15, 0.2) is 0 Å². The van der Waals surface area contributed by atoms with E-state index >= 15 is 0 Å². The van der Waals surface area contributed by atoms with Gasteiger partial charge in [-0.15, -0.1) is 0 Å². The molecular weight excluding hydrogens is 308 g/mol. The number of nitrogens with one attached hydrogen (secondary N) is 2. The van der Waals surface area contributed by atoms with E-state index in [1.54, 1.807) is 0 Å². The van der Waals surface area contributed by atoms with Gasteiger partial charge in [-0.2, -0.15) is 0 Å². The fourth-order valence-corrected chi connectivity index (χ4v) is 2.98. The molecule has 1 aliphatic rings. The second kappa shape index (κ2) is 9.64. The third kappa shape index (κ3) is 8.89. The summed E-state index contributed by atoms with van der Waals surface area (Å²) < 4.78 is 0. The molecule has 0 radical (unpaired) electrons. The molecule has 0 aromatic rings. The maximum atomic E-state index is 11.9. The Balaban J connectivity index is 2.31. The summed E-state index contributed by atoms with van der Waals surface area (Å²) >= 11 is 0.